The smallest absolute Gasteiger partial charge is 0.303 e. The number of phosphoric ester groups is 1. The topological polar surface area (TPSA) is 66.8 Å². The molecule has 0 unspecified atom stereocenters. The van der Waals surface area contributed by atoms with Crippen molar-refractivity contribution in [1.82, 2.24) is 0 Å². The largest absolute Gasteiger partial charge is 0.469 e. The van der Waals surface area contributed by atoms with Crippen LogP contribution in [0.3, 0.4) is 0 Å². The highest BCUT2D eigenvalue weighted by atomic mass is 31.2. The highest BCUT2D eigenvalue weighted by molar-refractivity contribution is 7.46. The first-order valence-corrected chi connectivity index (χ1v) is 5.26. The van der Waals surface area contributed by atoms with E-state index in [1.807, 2.05) is 6.92 Å². The van der Waals surface area contributed by atoms with E-state index in [0.29, 0.717) is 0 Å². The molecular weight excluding hydrogens is 167 g/mol. The van der Waals surface area contributed by atoms with Crippen LogP contribution in [0.1, 0.15) is 26.2 Å². The molecule has 66 valence electrons. The van der Waals surface area contributed by atoms with Crippen LogP contribution in [0.4, 0.5) is 0 Å². The zero-order valence-electron chi connectivity index (χ0n) is 6.43. The van der Waals surface area contributed by atoms with Gasteiger partial charge >= 0.3 is 7.82 Å². The summed E-state index contributed by atoms with van der Waals surface area (Å²) in [6, 6.07) is 0. The van der Waals surface area contributed by atoms with E-state index in [2.05, 4.69) is 4.52 Å². The van der Waals surface area contributed by atoms with Crippen molar-refractivity contribution in [3.63, 3.8) is 0 Å². The minimum absolute atomic E-state index is 0.240. The molecule has 2 atom stereocenters. The summed E-state index contributed by atoms with van der Waals surface area (Å²) < 4.78 is 15.0. The molecule has 0 spiro atoms. The maximum atomic E-state index is 10.4. The van der Waals surface area contributed by atoms with Gasteiger partial charge in [-0.05, 0) is 18.8 Å². The van der Waals surface area contributed by atoms with Gasteiger partial charge in [0.25, 0.3) is 0 Å². The molecule has 1 saturated carbocycles. The summed E-state index contributed by atoms with van der Waals surface area (Å²) in [5, 5.41) is 0. The molecule has 1 rings (SSSR count). The molecule has 0 aromatic heterocycles. The Labute approximate surface area is 65.8 Å². The van der Waals surface area contributed by atoms with Crippen molar-refractivity contribution in [1.29, 1.82) is 0 Å². The summed E-state index contributed by atoms with van der Waals surface area (Å²) in [6.45, 7) is 1.95. The van der Waals surface area contributed by atoms with Crippen molar-refractivity contribution in [2.75, 3.05) is 0 Å². The molecule has 0 heterocycles. The molecule has 0 radical (unpaired) electrons. The maximum absolute atomic E-state index is 10.4. The third kappa shape index (κ3) is 2.91. The lowest BCUT2D eigenvalue weighted by molar-refractivity contribution is 0.111. The second kappa shape index (κ2) is 3.23. The average Bonchev–Trinajstić information content (AvgIpc) is 2.12. The fourth-order valence-electron chi connectivity index (χ4n) is 1.44. The first-order valence-electron chi connectivity index (χ1n) is 3.73. The van der Waals surface area contributed by atoms with E-state index in [1.165, 1.54) is 0 Å². The fourth-order valence-corrected chi connectivity index (χ4v) is 2.11. The van der Waals surface area contributed by atoms with Gasteiger partial charge in [0, 0.05) is 0 Å². The van der Waals surface area contributed by atoms with Crippen LogP contribution in [-0.4, -0.2) is 15.9 Å². The quantitative estimate of drug-likeness (QED) is 0.628. The van der Waals surface area contributed by atoms with Crippen LogP contribution >= 0.6 is 7.82 Å². The molecule has 1 aliphatic carbocycles. The first-order chi connectivity index (χ1) is 4.99. The Kier molecular flexibility index (Phi) is 2.70. The van der Waals surface area contributed by atoms with Crippen molar-refractivity contribution >= 4 is 7.82 Å². The van der Waals surface area contributed by atoms with E-state index in [4.69, 9.17) is 9.79 Å². The minimum Gasteiger partial charge on any atom is -0.303 e. The number of phosphoric acid groups is 1. The van der Waals surface area contributed by atoms with Crippen LogP contribution in [0.5, 0.6) is 0 Å². The molecule has 0 saturated heterocycles. The number of rotatable bonds is 2. The lowest BCUT2D eigenvalue weighted by atomic mass is 10.1. The van der Waals surface area contributed by atoms with Crippen molar-refractivity contribution < 1.29 is 18.9 Å². The molecule has 5 heteroatoms. The summed E-state index contributed by atoms with van der Waals surface area (Å²) in [5.41, 5.74) is 0. The van der Waals surface area contributed by atoms with E-state index in [9.17, 15) is 4.57 Å². The number of hydrogen-bond donors (Lipinski definition) is 2. The van der Waals surface area contributed by atoms with E-state index in [-0.39, 0.29) is 12.0 Å². The zero-order valence-corrected chi connectivity index (χ0v) is 7.33. The summed E-state index contributed by atoms with van der Waals surface area (Å²) in [4.78, 5) is 17.0. The van der Waals surface area contributed by atoms with Crippen molar-refractivity contribution in [2.45, 2.75) is 32.3 Å². The van der Waals surface area contributed by atoms with Crippen LogP contribution in [0, 0.1) is 5.92 Å². The standard InChI is InChI=1S/C6H13O4P/c1-5-3-2-4-6(5)10-11(7,8)9/h5-6H,2-4H2,1H3,(H2,7,8,9)/t5-,6-/m1/s1. The highest BCUT2D eigenvalue weighted by Gasteiger charge is 2.30. The van der Waals surface area contributed by atoms with Gasteiger partial charge in [-0.2, -0.15) is 0 Å². The summed E-state index contributed by atoms with van der Waals surface area (Å²) in [5.74, 6) is 0.280. The molecule has 2 N–H and O–H groups in total. The van der Waals surface area contributed by atoms with Gasteiger partial charge < -0.3 is 9.79 Å². The fraction of sp³-hybridized carbons (Fsp3) is 1.00. The molecule has 1 fully saturated rings. The highest BCUT2D eigenvalue weighted by Crippen LogP contribution is 2.43. The molecule has 4 nitrogen and oxygen atoms in total. The second-order valence-electron chi connectivity index (χ2n) is 3.04. The molecule has 0 bridgehead atoms. The first kappa shape index (κ1) is 9.20. The Morgan fingerprint density at radius 2 is 2.09 bits per heavy atom. The predicted molar refractivity (Wildman–Crippen MR) is 39.9 cm³/mol. The van der Waals surface area contributed by atoms with Gasteiger partial charge in [-0.25, -0.2) is 4.57 Å². The number of hydrogen-bond acceptors (Lipinski definition) is 2. The van der Waals surface area contributed by atoms with Gasteiger partial charge in [0.15, 0.2) is 0 Å². The lowest BCUT2D eigenvalue weighted by Gasteiger charge is -2.16. The van der Waals surface area contributed by atoms with Crippen LogP contribution < -0.4 is 0 Å². The molecule has 0 aromatic carbocycles. The van der Waals surface area contributed by atoms with Gasteiger partial charge in [0.2, 0.25) is 0 Å². The molecule has 1 aliphatic rings. The Morgan fingerprint density at radius 1 is 1.45 bits per heavy atom. The van der Waals surface area contributed by atoms with Crippen molar-refractivity contribution in [2.24, 2.45) is 5.92 Å². The lowest BCUT2D eigenvalue weighted by Crippen LogP contribution is -2.13. The van der Waals surface area contributed by atoms with Gasteiger partial charge in [0.1, 0.15) is 0 Å². The van der Waals surface area contributed by atoms with E-state index >= 15 is 0 Å². The van der Waals surface area contributed by atoms with Gasteiger partial charge in [-0.3, -0.25) is 4.52 Å². The second-order valence-corrected chi connectivity index (χ2v) is 4.23. The average molecular weight is 180 g/mol. The van der Waals surface area contributed by atoms with Crippen molar-refractivity contribution in [3.05, 3.63) is 0 Å². The van der Waals surface area contributed by atoms with Crippen LogP contribution in [-0.2, 0) is 9.09 Å². The zero-order chi connectivity index (χ0) is 8.48. The predicted octanol–water partition coefficient (Wildman–Crippen LogP) is 1.28. The molecule has 0 aliphatic heterocycles. The van der Waals surface area contributed by atoms with Crippen LogP contribution in [0.15, 0.2) is 0 Å². The normalized spacial score (nSPS) is 32.6. The molecular formula is C6H13O4P. The van der Waals surface area contributed by atoms with E-state index in [0.717, 1.165) is 19.3 Å². The van der Waals surface area contributed by atoms with Crippen LogP contribution in [0.25, 0.3) is 0 Å². The Bertz CT molecular complexity index is 175. The summed E-state index contributed by atoms with van der Waals surface area (Å²) >= 11 is 0. The van der Waals surface area contributed by atoms with E-state index < -0.39 is 7.82 Å². The monoisotopic (exact) mass is 180 g/mol. The molecule has 11 heavy (non-hydrogen) atoms. The van der Waals surface area contributed by atoms with Gasteiger partial charge in [-0.1, -0.05) is 13.3 Å². The summed E-state index contributed by atoms with van der Waals surface area (Å²) in [7, 11) is -4.25. The molecule has 0 aromatic rings. The van der Waals surface area contributed by atoms with E-state index in [1.54, 1.807) is 0 Å². The Balaban J connectivity index is 2.43. The third-order valence-corrected chi connectivity index (χ3v) is 2.60. The Hall–Kier alpha value is 0.110. The van der Waals surface area contributed by atoms with Gasteiger partial charge in [-0.15, -0.1) is 0 Å². The van der Waals surface area contributed by atoms with Crippen LogP contribution in [0.2, 0.25) is 0 Å². The third-order valence-electron chi connectivity index (χ3n) is 2.06. The molecule has 0 amide bonds. The SMILES string of the molecule is C[C@@H]1CCC[C@H]1OP(=O)(O)O. The maximum Gasteiger partial charge on any atom is 0.469 e. The van der Waals surface area contributed by atoms with Gasteiger partial charge in [0.05, 0.1) is 6.10 Å². The minimum atomic E-state index is -4.25. The van der Waals surface area contributed by atoms with Crippen molar-refractivity contribution in [3.8, 4) is 0 Å². The Morgan fingerprint density at radius 3 is 2.45 bits per heavy atom. The summed E-state index contributed by atoms with van der Waals surface area (Å²) in [6.07, 6.45) is 2.54.